The lowest BCUT2D eigenvalue weighted by atomic mass is 10.2. The minimum Gasteiger partial charge on any atom is -0.493 e. The van der Waals surface area contributed by atoms with E-state index in [0.29, 0.717) is 30.3 Å². The summed E-state index contributed by atoms with van der Waals surface area (Å²) >= 11 is 1.43. The molecule has 0 atom stereocenters. The van der Waals surface area contributed by atoms with E-state index in [1.807, 2.05) is 4.90 Å². The van der Waals surface area contributed by atoms with Crippen molar-refractivity contribution in [3.05, 3.63) is 24.0 Å². The number of benzene rings is 1. The van der Waals surface area contributed by atoms with Gasteiger partial charge >= 0.3 is 6.03 Å². The number of aromatic nitrogens is 2. The van der Waals surface area contributed by atoms with Gasteiger partial charge in [-0.05, 0) is 18.6 Å². The number of anilines is 2. The molecule has 27 heavy (non-hydrogen) atoms. The van der Waals surface area contributed by atoms with Gasteiger partial charge in [0.25, 0.3) is 0 Å². The minimum absolute atomic E-state index is 0.115. The molecule has 2 aromatic rings. The van der Waals surface area contributed by atoms with Gasteiger partial charge < -0.3 is 24.6 Å². The third kappa shape index (κ3) is 4.60. The number of nitrogens with one attached hydrogen (secondary N) is 1. The van der Waals surface area contributed by atoms with Crippen LogP contribution in [0.3, 0.4) is 0 Å². The molecule has 1 aromatic carbocycles. The Morgan fingerprint density at radius 2 is 2.00 bits per heavy atom. The van der Waals surface area contributed by atoms with Gasteiger partial charge in [0, 0.05) is 55.9 Å². The van der Waals surface area contributed by atoms with Crippen LogP contribution in [0.4, 0.5) is 15.6 Å². The number of nitrogens with zero attached hydrogens (tertiary/aromatic N) is 4. The van der Waals surface area contributed by atoms with E-state index in [-0.39, 0.29) is 6.03 Å². The van der Waals surface area contributed by atoms with Crippen LogP contribution >= 0.6 is 11.5 Å². The fourth-order valence-corrected chi connectivity index (χ4v) is 3.75. The van der Waals surface area contributed by atoms with Crippen LogP contribution in [0, 0.1) is 0 Å². The predicted molar refractivity (Wildman–Crippen MR) is 106 cm³/mol. The Morgan fingerprint density at radius 1 is 1.19 bits per heavy atom. The topological polar surface area (TPSA) is 79.8 Å². The van der Waals surface area contributed by atoms with Crippen molar-refractivity contribution in [2.24, 2.45) is 0 Å². The minimum atomic E-state index is -0.115. The summed E-state index contributed by atoms with van der Waals surface area (Å²) in [5, 5.41) is 3.88. The number of carbonyl (C=O) groups excluding carboxylic acids is 1. The molecule has 0 saturated carbocycles. The molecule has 9 heteroatoms. The number of hydrogen-bond donors (Lipinski definition) is 1. The van der Waals surface area contributed by atoms with E-state index in [2.05, 4.69) is 26.5 Å². The van der Waals surface area contributed by atoms with E-state index in [9.17, 15) is 4.79 Å². The maximum Gasteiger partial charge on any atom is 0.321 e. The Balaban J connectivity index is 1.61. The van der Waals surface area contributed by atoms with Crippen LogP contribution in [-0.2, 0) is 6.42 Å². The zero-order valence-electron chi connectivity index (χ0n) is 15.9. The number of rotatable bonds is 5. The van der Waals surface area contributed by atoms with Crippen molar-refractivity contribution in [3.8, 4) is 11.5 Å². The van der Waals surface area contributed by atoms with Gasteiger partial charge in [0.1, 0.15) is 5.82 Å². The van der Waals surface area contributed by atoms with E-state index in [0.717, 1.165) is 36.9 Å². The average Bonchev–Trinajstić information content (AvgIpc) is 3.04. The second kappa shape index (κ2) is 8.90. The van der Waals surface area contributed by atoms with E-state index >= 15 is 0 Å². The lowest BCUT2D eigenvalue weighted by Gasteiger charge is -2.22. The summed E-state index contributed by atoms with van der Waals surface area (Å²) in [7, 11) is 3.16. The molecule has 0 aliphatic carbocycles. The first-order valence-corrected chi connectivity index (χ1v) is 9.77. The van der Waals surface area contributed by atoms with Crippen molar-refractivity contribution in [1.82, 2.24) is 14.3 Å². The molecule has 1 fully saturated rings. The number of ether oxygens (including phenoxy) is 2. The summed E-state index contributed by atoms with van der Waals surface area (Å²) in [5.74, 6) is 2.09. The van der Waals surface area contributed by atoms with Crippen molar-refractivity contribution in [2.45, 2.75) is 19.8 Å². The van der Waals surface area contributed by atoms with Gasteiger partial charge in [-0.2, -0.15) is 4.37 Å². The lowest BCUT2D eigenvalue weighted by molar-refractivity contribution is 0.215. The van der Waals surface area contributed by atoms with Crippen molar-refractivity contribution in [2.75, 3.05) is 50.6 Å². The molecule has 2 heterocycles. The second-order valence-corrected chi connectivity index (χ2v) is 6.90. The fourth-order valence-electron chi connectivity index (χ4n) is 2.95. The molecule has 0 radical (unpaired) electrons. The average molecular weight is 391 g/mol. The van der Waals surface area contributed by atoms with Crippen molar-refractivity contribution in [1.29, 1.82) is 0 Å². The molecule has 1 aliphatic heterocycles. The summed E-state index contributed by atoms with van der Waals surface area (Å²) in [6, 6.07) is 5.22. The van der Waals surface area contributed by atoms with Gasteiger partial charge in [-0.1, -0.05) is 6.92 Å². The van der Waals surface area contributed by atoms with Crippen LogP contribution in [0.2, 0.25) is 0 Å². The summed E-state index contributed by atoms with van der Waals surface area (Å²) in [6.45, 7) is 5.01. The first kappa shape index (κ1) is 19.2. The Hall–Kier alpha value is -2.55. The van der Waals surface area contributed by atoms with Gasteiger partial charge in [0.15, 0.2) is 11.5 Å². The number of methoxy groups -OCH3 is 2. The van der Waals surface area contributed by atoms with Crippen LogP contribution in [0.25, 0.3) is 0 Å². The Labute approximate surface area is 163 Å². The van der Waals surface area contributed by atoms with Crippen LogP contribution < -0.4 is 19.7 Å². The molecule has 0 bridgehead atoms. The highest BCUT2D eigenvalue weighted by Crippen LogP contribution is 2.30. The summed E-state index contributed by atoms with van der Waals surface area (Å²) in [6.07, 6.45) is 1.73. The fraction of sp³-hybridized carbons (Fsp3) is 0.500. The quantitative estimate of drug-likeness (QED) is 0.844. The molecule has 1 N–H and O–H groups in total. The number of amides is 2. The van der Waals surface area contributed by atoms with Crippen LogP contribution in [-0.4, -0.2) is 60.7 Å². The zero-order chi connectivity index (χ0) is 19.2. The molecular weight excluding hydrogens is 366 g/mol. The second-order valence-electron chi connectivity index (χ2n) is 6.17. The van der Waals surface area contributed by atoms with E-state index < -0.39 is 0 Å². The summed E-state index contributed by atoms with van der Waals surface area (Å²) in [5.41, 5.74) is 0.676. The highest BCUT2D eigenvalue weighted by molar-refractivity contribution is 7.09. The molecule has 146 valence electrons. The standard InChI is InChI=1S/C18H25N5O3S/c1-4-16-20-18(27-21-16)23-9-5-8-22(10-11-23)17(24)19-13-6-7-14(25-2)15(12-13)26-3/h6-7,12H,4-5,8-11H2,1-3H3,(H,19,24). The first-order valence-electron chi connectivity index (χ1n) is 9.00. The van der Waals surface area contributed by atoms with E-state index in [1.54, 1.807) is 32.4 Å². The number of urea groups is 1. The highest BCUT2D eigenvalue weighted by Gasteiger charge is 2.21. The Bertz CT molecular complexity index is 782. The van der Waals surface area contributed by atoms with Crippen molar-refractivity contribution < 1.29 is 14.3 Å². The van der Waals surface area contributed by atoms with Crippen molar-refractivity contribution in [3.63, 3.8) is 0 Å². The van der Waals surface area contributed by atoms with E-state index in [4.69, 9.17) is 9.47 Å². The molecule has 1 aliphatic rings. The van der Waals surface area contributed by atoms with Gasteiger partial charge in [0.05, 0.1) is 14.2 Å². The highest BCUT2D eigenvalue weighted by atomic mass is 32.1. The maximum absolute atomic E-state index is 12.7. The number of aryl methyl sites for hydroxylation is 1. The zero-order valence-corrected chi connectivity index (χ0v) is 16.7. The molecule has 2 amide bonds. The molecule has 8 nitrogen and oxygen atoms in total. The lowest BCUT2D eigenvalue weighted by Crippen LogP contribution is -2.38. The molecule has 1 aromatic heterocycles. The van der Waals surface area contributed by atoms with Crippen LogP contribution in [0.1, 0.15) is 19.2 Å². The Morgan fingerprint density at radius 3 is 2.70 bits per heavy atom. The summed E-state index contributed by atoms with van der Waals surface area (Å²) < 4.78 is 14.9. The molecular formula is C18H25N5O3S. The molecule has 1 saturated heterocycles. The maximum atomic E-state index is 12.7. The largest absolute Gasteiger partial charge is 0.493 e. The Kier molecular flexibility index (Phi) is 6.33. The molecule has 0 unspecified atom stereocenters. The van der Waals surface area contributed by atoms with Gasteiger partial charge in [-0.25, -0.2) is 9.78 Å². The van der Waals surface area contributed by atoms with Gasteiger partial charge in [-0.3, -0.25) is 0 Å². The normalized spacial score (nSPS) is 14.6. The number of hydrogen-bond acceptors (Lipinski definition) is 7. The summed E-state index contributed by atoms with van der Waals surface area (Å²) in [4.78, 5) is 21.3. The number of carbonyl (C=O) groups is 1. The third-order valence-electron chi connectivity index (χ3n) is 4.46. The molecule has 0 spiro atoms. The van der Waals surface area contributed by atoms with Gasteiger partial charge in [0.2, 0.25) is 5.13 Å². The SMILES string of the molecule is CCc1nsc(N2CCCN(C(=O)Nc3ccc(OC)c(OC)c3)CC2)n1. The van der Waals surface area contributed by atoms with Gasteiger partial charge in [-0.15, -0.1) is 0 Å². The molecule has 3 rings (SSSR count). The third-order valence-corrected chi connectivity index (χ3v) is 5.28. The van der Waals surface area contributed by atoms with Crippen molar-refractivity contribution >= 4 is 28.4 Å². The monoisotopic (exact) mass is 391 g/mol. The predicted octanol–water partition coefficient (Wildman–Crippen LogP) is 2.86. The van der Waals surface area contributed by atoms with Crippen LogP contribution in [0.15, 0.2) is 18.2 Å². The van der Waals surface area contributed by atoms with Crippen LogP contribution in [0.5, 0.6) is 11.5 Å². The first-order chi connectivity index (χ1) is 13.1. The van der Waals surface area contributed by atoms with E-state index in [1.165, 1.54) is 11.5 Å². The smallest absolute Gasteiger partial charge is 0.321 e.